The van der Waals surface area contributed by atoms with E-state index in [1.54, 1.807) is 20.5 Å². The zero-order valence-electron chi connectivity index (χ0n) is 15.2. The molecule has 2 fully saturated rings. The lowest BCUT2D eigenvalue weighted by Crippen LogP contribution is -2.45. The third-order valence-electron chi connectivity index (χ3n) is 5.21. The number of anilines is 1. The third kappa shape index (κ3) is 3.25. The number of rotatable bonds is 5. The average Bonchev–Trinajstić information content (AvgIpc) is 3.52. The Kier molecular flexibility index (Phi) is 4.53. The molecule has 1 aliphatic heterocycles. The number of benzene rings is 1. The fourth-order valence-corrected chi connectivity index (χ4v) is 3.52. The average molecular weight is 356 g/mol. The molecule has 2 heterocycles. The molecule has 1 aliphatic carbocycles. The number of aromatic nitrogens is 2. The number of fused-ring (bicyclic) bond motifs is 1. The van der Waals surface area contributed by atoms with Crippen LogP contribution in [0.15, 0.2) is 18.5 Å². The molecule has 7 heteroatoms. The fraction of sp³-hybridized carbons (Fsp3) is 0.526. The van der Waals surface area contributed by atoms with E-state index in [4.69, 9.17) is 9.47 Å². The molecule has 1 saturated carbocycles. The Labute approximate surface area is 152 Å². The summed E-state index contributed by atoms with van der Waals surface area (Å²) in [5.41, 5.74) is 0.830. The highest BCUT2D eigenvalue weighted by Gasteiger charge is 2.32. The second-order valence-corrected chi connectivity index (χ2v) is 6.97. The molecule has 1 saturated heterocycles. The molecule has 1 amide bonds. The molecule has 0 unspecified atom stereocenters. The molecule has 7 nitrogen and oxygen atoms in total. The van der Waals surface area contributed by atoms with Crippen LogP contribution in [0.2, 0.25) is 0 Å². The van der Waals surface area contributed by atoms with Gasteiger partial charge in [-0.25, -0.2) is 9.97 Å². The lowest BCUT2D eigenvalue weighted by Gasteiger charge is -2.33. The minimum absolute atomic E-state index is 0.229. The van der Waals surface area contributed by atoms with Crippen molar-refractivity contribution in [2.45, 2.75) is 31.7 Å². The Morgan fingerprint density at radius 2 is 1.77 bits per heavy atom. The minimum atomic E-state index is 0.229. The monoisotopic (exact) mass is 356 g/mol. The SMILES string of the molecule is COc1cc2ncnc(N3CCC(NC(=O)C4CC4)CC3)c2cc1OC. The van der Waals surface area contributed by atoms with E-state index in [-0.39, 0.29) is 17.9 Å². The topological polar surface area (TPSA) is 76.6 Å². The summed E-state index contributed by atoms with van der Waals surface area (Å²) in [6.07, 6.45) is 5.53. The van der Waals surface area contributed by atoms with Crippen LogP contribution in [0.25, 0.3) is 10.9 Å². The van der Waals surface area contributed by atoms with E-state index >= 15 is 0 Å². The van der Waals surface area contributed by atoms with Crippen molar-refractivity contribution in [1.82, 2.24) is 15.3 Å². The largest absolute Gasteiger partial charge is 0.493 e. The number of piperidine rings is 1. The van der Waals surface area contributed by atoms with Crippen LogP contribution < -0.4 is 19.7 Å². The van der Waals surface area contributed by atoms with Gasteiger partial charge in [0.2, 0.25) is 5.91 Å². The molecule has 0 atom stereocenters. The molecule has 26 heavy (non-hydrogen) atoms. The van der Waals surface area contributed by atoms with E-state index in [2.05, 4.69) is 20.2 Å². The van der Waals surface area contributed by atoms with E-state index < -0.39 is 0 Å². The maximum Gasteiger partial charge on any atom is 0.223 e. The Morgan fingerprint density at radius 3 is 2.42 bits per heavy atom. The molecule has 1 aromatic heterocycles. The van der Waals surface area contributed by atoms with Crippen LogP contribution in [-0.2, 0) is 4.79 Å². The van der Waals surface area contributed by atoms with Crippen LogP contribution in [0.5, 0.6) is 11.5 Å². The van der Waals surface area contributed by atoms with Gasteiger partial charge in [0.1, 0.15) is 12.1 Å². The van der Waals surface area contributed by atoms with E-state index in [0.717, 1.165) is 55.5 Å². The summed E-state index contributed by atoms with van der Waals surface area (Å²) in [6, 6.07) is 4.08. The maximum atomic E-state index is 12.0. The van der Waals surface area contributed by atoms with E-state index in [0.29, 0.717) is 11.5 Å². The number of nitrogens with zero attached hydrogens (tertiary/aromatic N) is 3. The van der Waals surface area contributed by atoms with Gasteiger partial charge in [-0.1, -0.05) is 0 Å². The summed E-state index contributed by atoms with van der Waals surface area (Å²) in [5, 5.41) is 4.14. The highest BCUT2D eigenvalue weighted by Crippen LogP contribution is 2.35. The number of carbonyl (C=O) groups is 1. The van der Waals surface area contributed by atoms with Gasteiger partial charge in [0.05, 0.1) is 19.7 Å². The Morgan fingerprint density at radius 1 is 1.08 bits per heavy atom. The molecule has 1 N–H and O–H groups in total. The first-order valence-corrected chi connectivity index (χ1v) is 9.11. The number of amides is 1. The van der Waals surface area contributed by atoms with Crippen LogP contribution in [-0.4, -0.2) is 49.2 Å². The van der Waals surface area contributed by atoms with Crippen LogP contribution in [0, 0.1) is 5.92 Å². The molecule has 0 radical (unpaired) electrons. The normalized spacial score (nSPS) is 18.0. The van der Waals surface area contributed by atoms with Crippen LogP contribution >= 0.6 is 0 Å². The number of methoxy groups -OCH3 is 2. The summed E-state index contributed by atoms with van der Waals surface area (Å²) in [5.74, 6) is 2.73. The van der Waals surface area contributed by atoms with Gasteiger partial charge in [-0.3, -0.25) is 4.79 Å². The zero-order valence-corrected chi connectivity index (χ0v) is 15.2. The van der Waals surface area contributed by atoms with Crippen LogP contribution in [0.4, 0.5) is 5.82 Å². The van der Waals surface area contributed by atoms with Gasteiger partial charge in [-0.15, -0.1) is 0 Å². The van der Waals surface area contributed by atoms with Crippen molar-refractivity contribution < 1.29 is 14.3 Å². The quantitative estimate of drug-likeness (QED) is 0.885. The molecule has 0 bridgehead atoms. The first-order chi connectivity index (χ1) is 12.7. The molecular formula is C19H24N4O3. The molecular weight excluding hydrogens is 332 g/mol. The predicted octanol–water partition coefficient (Wildman–Crippen LogP) is 2.14. The third-order valence-corrected chi connectivity index (χ3v) is 5.21. The molecule has 0 spiro atoms. The van der Waals surface area contributed by atoms with Crippen LogP contribution in [0.1, 0.15) is 25.7 Å². The molecule has 2 aliphatic rings. The summed E-state index contributed by atoms with van der Waals surface area (Å²) >= 11 is 0. The second-order valence-electron chi connectivity index (χ2n) is 6.97. The lowest BCUT2D eigenvalue weighted by atomic mass is 10.0. The molecule has 4 rings (SSSR count). The summed E-state index contributed by atoms with van der Waals surface area (Å²) in [4.78, 5) is 23.1. The van der Waals surface area contributed by atoms with Crippen LogP contribution in [0.3, 0.4) is 0 Å². The standard InChI is InChI=1S/C19H24N4O3/c1-25-16-9-14-15(10-17(16)26-2)20-11-21-18(14)23-7-5-13(6-8-23)22-19(24)12-3-4-12/h9-13H,3-8H2,1-2H3,(H,22,24). The van der Waals surface area contributed by atoms with E-state index in [9.17, 15) is 4.79 Å². The summed E-state index contributed by atoms with van der Waals surface area (Å²) in [7, 11) is 3.24. The number of hydrogen-bond acceptors (Lipinski definition) is 6. The van der Waals surface area contributed by atoms with Gasteiger partial charge >= 0.3 is 0 Å². The van der Waals surface area contributed by atoms with Gasteiger partial charge < -0.3 is 19.7 Å². The van der Waals surface area contributed by atoms with Crippen molar-refractivity contribution >= 4 is 22.6 Å². The number of hydrogen-bond donors (Lipinski definition) is 1. The van der Waals surface area contributed by atoms with Crippen molar-refractivity contribution in [3.8, 4) is 11.5 Å². The summed E-state index contributed by atoms with van der Waals surface area (Å²) < 4.78 is 10.8. The summed E-state index contributed by atoms with van der Waals surface area (Å²) in [6.45, 7) is 1.71. The predicted molar refractivity (Wildman–Crippen MR) is 98.7 cm³/mol. The Hall–Kier alpha value is -2.57. The Bertz CT molecular complexity index is 814. The number of ether oxygens (including phenoxy) is 2. The number of carbonyl (C=O) groups excluding carboxylic acids is 1. The first kappa shape index (κ1) is 16.9. The van der Waals surface area contributed by atoms with Gasteiger partial charge in [0.15, 0.2) is 11.5 Å². The van der Waals surface area contributed by atoms with Crippen molar-refractivity contribution in [2.24, 2.45) is 5.92 Å². The van der Waals surface area contributed by atoms with Crippen molar-refractivity contribution in [2.75, 3.05) is 32.2 Å². The highest BCUT2D eigenvalue weighted by molar-refractivity contribution is 5.92. The zero-order chi connectivity index (χ0) is 18.1. The van der Waals surface area contributed by atoms with Gasteiger partial charge in [0, 0.05) is 36.5 Å². The van der Waals surface area contributed by atoms with E-state index in [1.807, 2.05) is 12.1 Å². The highest BCUT2D eigenvalue weighted by atomic mass is 16.5. The van der Waals surface area contributed by atoms with Gasteiger partial charge in [-0.2, -0.15) is 0 Å². The Balaban J connectivity index is 1.52. The lowest BCUT2D eigenvalue weighted by molar-refractivity contribution is -0.123. The minimum Gasteiger partial charge on any atom is -0.493 e. The second kappa shape index (κ2) is 6.97. The van der Waals surface area contributed by atoms with Crippen molar-refractivity contribution in [1.29, 1.82) is 0 Å². The van der Waals surface area contributed by atoms with Crippen molar-refractivity contribution in [3.05, 3.63) is 18.5 Å². The first-order valence-electron chi connectivity index (χ1n) is 9.11. The molecule has 138 valence electrons. The van der Waals surface area contributed by atoms with Gasteiger partial charge in [0.25, 0.3) is 0 Å². The number of nitrogens with one attached hydrogen (secondary N) is 1. The van der Waals surface area contributed by atoms with Crippen molar-refractivity contribution in [3.63, 3.8) is 0 Å². The van der Waals surface area contributed by atoms with E-state index in [1.165, 1.54) is 0 Å². The smallest absolute Gasteiger partial charge is 0.223 e. The maximum absolute atomic E-state index is 12.0. The molecule has 1 aromatic carbocycles. The van der Waals surface area contributed by atoms with Gasteiger partial charge in [-0.05, 0) is 31.7 Å². The molecule has 2 aromatic rings. The fourth-order valence-electron chi connectivity index (χ4n) is 3.52.